The van der Waals surface area contributed by atoms with E-state index in [0.29, 0.717) is 42.3 Å². The molecule has 0 aliphatic carbocycles. The highest BCUT2D eigenvalue weighted by molar-refractivity contribution is 5.95. The molecule has 0 saturated carbocycles. The van der Waals surface area contributed by atoms with Crippen LogP contribution >= 0.6 is 0 Å². The van der Waals surface area contributed by atoms with E-state index >= 15 is 0 Å². The summed E-state index contributed by atoms with van der Waals surface area (Å²) in [6.07, 6.45) is 1.88. The van der Waals surface area contributed by atoms with Crippen molar-refractivity contribution < 1.29 is 19.1 Å². The molecule has 2 atom stereocenters. The SMILES string of the molecule is CNc1cc(C(=O)N[C@@H]2CCOC[C@H]2Oc2ccc(C(N)=O)cc2)ccn1. The van der Waals surface area contributed by atoms with Crippen molar-refractivity contribution in [1.29, 1.82) is 0 Å². The fourth-order valence-corrected chi connectivity index (χ4v) is 2.83. The number of rotatable bonds is 6. The zero-order valence-electron chi connectivity index (χ0n) is 15.0. The first-order valence-corrected chi connectivity index (χ1v) is 8.66. The maximum absolute atomic E-state index is 12.6. The molecule has 3 rings (SSSR count). The summed E-state index contributed by atoms with van der Waals surface area (Å²) >= 11 is 0. The Kier molecular flexibility index (Phi) is 5.87. The van der Waals surface area contributed by atoms with Gasteiger partial charge in [-0.05, 0) is 42.8 Å². The van der Waals surface area contributed by atoms with Gasteiger partial charge in [0, 0.05) is 31.0 Å². The minimum absolute atomic E-state index is 0.196. The zero-order chi connectivity index (χ0) is 19.2. The molecule has 1 aromatic heterocycles. The van der Waals surface area contributed by atoms with Gasteiger partial charge in [-0.2, -0.15) is 0 Å². The summed E-state index contributed by atoms with van der Waals surface area (Å²) in [5.74, 6) is 0.512. The zero-order valence-corrected chi connectivity index (χ0v) is 15.0. The lowest BCUT2D eigenvalue weighted by Gasteiger charge is -2.32. The lowest BCUT2D eigenvalue weighted by Crippen LogP contribution is -2.51. The molecule has 0 bridgehead atoms. The van der Waals surface area contributed by atoms with Gasteiger partial charge in [-0.25, -0.2) is 4.98 Å². The molecule has 27 heavy (non-hydrogen) atoms. The lowest BCUT2D eigenvalue weighted by molar-refractivity contribution is -0.0135. The number of hydrogen-bond acceptors (Lipinski definition) is 6. The largest absolute Gasteiger partial charge is 0.486 e. The third kappa shape index (κ3) is 4.73. The molecule has 0 spiro atoms. The van der Waals surface area contributed by atoms with Crippen LogP contribution in [0.15, 0.2) is 42.6 Å². The molecule has 142 valence electrons. The molecule has 2 amide bonds. The molecule has 1 saturated heterocycles. The fraction of sp³-hybridized carbons (Fsp3) is 0.316. The van der Waals surface area contributed by atoms with Gasteiger partial charge in [0.05, 0.1) is 12.6 Å². The summed E-state index contributed by atoms with van der Waals surface area (Å²) in [7, 11) is 1.75. The van der Waals surface area contributed by atoms with Crippen molar-refractivity contribution in [3.05, 3.63) is 53.7 Å². The van der Waals surface area contributed by atoms with Crippen molar-refractivity contribution >= 4 is 17.6 Å². The Balaban J connectivity index is 1.67. The predicted molar refractivity (Wildman–Crippen MR) is 99.8 cm³/mol. The monoisotopic (exact) mass is 370 g/mol. The number of nitrogens with zero attached hydrogens (tertiary/aromatic N) is 1. The molecule has 8 nitrogen and oxygen atoms in total. The average molecular weight is 370 g/mol. The summed E-state index contributed by atoms with van der Waals surface area (Å²) in [6, 6.07) is 9.70. The molecule has 1 aromatic carbocycles. The minimum atomic E-state index is -0.494. The van der Waals surface area contributed by atoms with E-state index in [1.807, 2.05) is 0 Å². The Bertz CT molecular complexity index is 810. The van der Waals surface area contributed by atoms with Gasteiger partial charge in [0.2, 0.25) is 5.91 Å². The van der Waals surface area contributed by atoms with E-state index in [1.54, 1.807) is 49.6 Å². The maximum atomic E-state index is 12.6. The number of nitrogens with one attached hydrogen (secondary N) is 2. The van der Waals surface area contributed by atoms with Crippen molar-refractivity contribution in [3.63, 3.8) is 0 Å². The average Bonchev–Trinajstić information content (AvgIpc) is 2.70. The molecule has 4 N–H and O–H groups in total. The molecule has 8 heteroatoms. The predicted octanol–water partition coefficient (Wildman–Crippen LogP) is 1.19. The van der Waals surface area contributed by atoms with Crippen LogP contribution in [0.5, 0.6) is 5.75 Å². The topological polar surface area (TPSA) is 116 Å². The van der Waals surface area contributed by atoms with Crippen LogP contribution in [0.1, 0.15) is 27.1 Å². The third-order valence-corrected chi connectivity index (χ3v) is 4.33. The molecule has 2 heterocycles. The van der Waals surface area contributed by atoms with Crippen LogP contribution in [0.4, 0.5) is 5.82 Å². The maximum Gasteiger partial charge on any atom is 0.251 e. The Morgan fingerprint density at radius 2 is 2.00 bits per heavy atom. The number of anilines is 1. The number of ether oxygens (including phenoxy) is 2. The second-order valence-electron chi connectivity index (χ2n) is 6.17. The van der Waals surface area contributed by atoms with Gasteiger partial charge in [0.15, 0.2) is 0 Å². The summed E-state index contributed by atoms with van der Waals surface area (Å²) in [5.41, 5.74) is 6.17. The molecule has 2 aromatic rings. The van der Waals surface area contributed by atoms with Gasteiger partial charge >= 0.3 is 0 Å². The molecular formula is C19H22N4O4. The summed E-state index contributed by atoms with van der Waals surface area (Å²) in [4.78, 5) is 27.9. The number of amides is 2. The van der Waals surface area contributed by atoms with Gasteiger partial charge in [-0.15, -0.1) is 0 Å². The highest BCUT2D eigenvalue weighted by Crippen LogP contribution is 2.19. The Morgan fingerprint density at radius 3 is 2.70 bits per heavy atom. The minimum Gasteiger partial charge on any atom is -0.486 e. The molecule has 0 radical (unpaired) electrons. The van der Waals surface area contributed by atoms with E-state index in [2.05, 4.69) is 15.6 Å². The van der Waals surface area contributed by atoms with Crippen molar-refractivity contribution in [2.45, 2.75) is 18.6 Å². The number of pyridine rings is 1. The number of carbonyl (C=O) groups excluding carboxylic acids is 2. The number of nitrogens with two attached hydrogens (primary N) is 1. The highest BCUT2D eigenvalue weighted by atomic mass is 16.5. The van der Waals surface area contributed by atoms with E-state index < -0.39 is 5.91 Å². The van der Waals surface area contributed by atoms with E-state index in [1.165, 1.54) is 0 Å². The number of aromatic nitrogens is 1. The molecular weight excluding hydrogens is 348 g/mol. The first-order chi connectivity index (χ1) is 13.1. The third-order valence-electron chi connectivity index (χ3n) is 4.33. The standard InChI is InChI=1S/C19H22N4O4/c1-21-17-10-13(6-8-22-17)19(25)23-15-7-9-26-11-16(15)27-14-4-2-12(3-5-14)18(20)24/h2-6,8,10,15-16H,7,9,11H2,1H3,(H2,20,24)(H,21,22)(H,23,25)/t15-,16-/m1/s1. The fourth-order valence-electron chi connectivity index (χ4n) is 2.83. The van der Waals surface area contributed by atoms with Crippen LogP contribution in [-0.4, -0.2) is 49.2 Å². The first-order valence-electron chi connectivity index (χ1n) is 8.66. The second kappa shape index (κ2) is 8.50. The first kappa shape index (κ1) is 18.7. The summed E-state index contributed by atoms with van der Waals surface area (Å²) in [5, 5.41) is 5.92. The Hall–Kier alpha value is -3.13. The van der Waals surface area contributed by atoms with Crippen LogP contribution in [0.2, 0.25) is 0 Å². The van der Waals surface area contributed by atoms with Gasteiger partial charge in [-0.3, -0.25) is 9.59 Å². The second-order valence-corrected chi connectivity index (χ2v) is 6.17. The van der Waals surface area contributed by atoms with Crippen molar-refractivity contribution in [1.82, 2.24) is 10.3 Å². The number of hydrogen-bond donors (Lipinski definition) is 3. The molecule has 1 aliphatic heterocycles. The van der Waals surface area contributed by atoms with Crippen LogP contribution < -0.4 is 21.1 Å². The Morgan fingerprint density at radius 1 is 1.22 bits per heavy atom. The van der Waals surface area contributed by atoms with Gasteiger partial charge < -0.3 is 25.8 Å². The molecule has 0 unspecified atom stereocenters. The van der Waals surface area contributed by atoms with Crippen molar-refractivity contribution in [2.75, 3.05) is 25.6 Å². The van der Waals surface area contributed by atoms with E-state index in [9.17, 15) is 9.59 Å². The summed E-state index contributed by atoms with van der Waals surface area (Å²) < 4.78 is 11.5. The lowest BCUT2D eigenvalue weighted by atomic mass is 10.1. The van der Waals surface area contributed by atoms with Crippen LogP contribution in [0, 0.1) is 0 Å². The Labute approximate surface area is 157 Å². The number of primary amides is 1. The van der Waals surface area contributed by atoms with E-state index in [4.69, 9.17) is 15.2 Å². The smallest absolute Gasteiger partial charge is 0.251 e. The number of benzene rings is 1. The van der Waals surface area contributed by atoms with E-state index in [0.717, 1.165) is 0 Å². The van der Waals surface area contributed by atoms with Crippen molar-refractivity contribution in [2.24, 2.45) is 5.73 Å². The molecule has 1 fully saturated rings. The molecule has 1 aliphatic rings. The van der Waals surface area contributed by atoms with E-state index in [-0.39, 0.29) is 18.1 Å². The number of carbonyl (C=O) groups is 2. The summed E-state index contributed by atoms with van der Waals surface area (Å²) in [6.45, 7) is 0.907. The van der Waals surface area contributed by atoms with Crippen molar-refractivity contribution in [3.8, 4) is 5.75 Å². The normalized spacial score (nSPS) is 19.1. The van der Waals surface area contributed by atoms with Gasteiger partial charge in [0.25, 0.3) is 5.91 Å². The van der Waals surface area contributed by atoms with Crippen LogP contribution in [-0.2, 0) is 4.74 Å². The van der Waals surface area contributed by atoms with Crippen LogP contribution in [0.3, 0.4) is 0 Å². The highest BCUT2D eigenvalue weighted by Gasteiger charge is 2.29. The van der Waals surface area contributed by atoms with Gasteiger partial charge in [-0.1, -0.05) is 0 Å². The quantitative estimate of drug-likeness (QED) is 0.703. The van der Waals surface area contributed by atoms with Gasteiger partial charge in [0.1, 0.15) is 17.7 Å². The van der Waals surface area contributed by atoms with Crippen LogP contribution in [0.25, 0.3) is 0 Å².